The van der Waals surface area contributed by atoms with Crippen LogP contribution in [0, 0.1) is 0 Å². The summed E-state index contributed by atoms with van der Waals surface area (Å²) >= 11 is 0. The molecule has 0 aliphatic carbocycles. The van der Waals surface area contributed by atoms with Crippen LogP contribution in [0.5, 0.6) is 5.75 Å². The number of pyridine rings is 1. The number of imidazole rings is 1. The molecule has 4 heteroatoms. The van der Waals surface area contributed by atoms with Gasteiger partial charge in [-0.05, 0) is 18.1 Å². The highest BCUT2D eigenvalue weighted by molar-refractivity contribution is 5.44. The Bertz CT molecular complexity index is 504. The molecule has 0 unspecified atom stereocenters. The van der Waals surface area contributed by atoms with E-state index in [1.807, 2.05) is 23.0 Å². The van der Waals surface area contributed by atoms with Crippen LogP contribution < -0.4 is 4.74 Å². The molecule has 0 amide bonds. The van der Waals surface area contributed by atoms with E-state index in [1.165, 1.54) is 5.56 Å². The Morgan fingerprint density at radius 1 is 1.47 bits per heavy atom. The third-order valence-corrected chi connectivity index (χ3v) is 2.60. The van der Waals surface area contributed by atoms with Gasteiger partial charge >= 0.3 is 0 Å². The van der Waals surface area contributed by atoms with Crippen molar-refractivity contribution in [3.05, 3.63) is 36.0 Å². The van der Waals surface area contributed by atoms with E-state index in [4.69, 9.17) is 4.74 Å². The summed E-state index contributed by atoms with van der Waals surface area (Å²) in [4.78, 5) is 8.60. The van der Waals surface area contributed by atoms with Gasteiger partial charge in [0.2, 0.25) is 0 Å². The molecule has 1 aliphatic rings. The topological polar surface area (TPSA) is 39.9 Å². The fourth-order valence-electron chi connectivity index (χ4n) is 1.73. The largest absolute Gasteiger partial charge is 0.482 e. The van der Waals surface area contributed by atoms with Gasteiger partial charge in [0, 0.05) is 18.6 Å². The Balaban J connectivity index is 2.18. The number of hydrogen-bond acceptors (Lipinski definition) is 3. The van der Waals surface area contributed by atoms with Gasteiger partial charge in [-0.25, -0.2) is 9.97 Å². The summed E-state index contributed by atoms with van der Waals surface area (Å²) in [7, 11) is 0. The SMILES string of the molecule is CCc1cnc2c(c1)OCc1nccn1-2. The molecule has 2 aromatic rings. The average molecular weight is 201 g/mol. The minimum absolute atomic E-state index is 0.523. The lowest BCUT2D eigenvalue weighted by Gasteiger charge is -2.18. The molecule has 0 bridgehead atoms. The lowest BCUT2D eigenvalue weighted by molar-refractivity contribution is 0.277. The maximum Gasteiger partial charge on any atom is 0.181 e. The molecule has 0 fully saturated rings. The van der Waals surface area contributed by atoms with Crippen LogP contribution in [0.3, 0.4) is 0 Å². The summed E-state index contributed by atoms with van der Waals surface area (Å²) in [5.74, 6) is 2.59. The Hall–Kier alpha value is -1.84. The molecule has 3 rings (SSSR count). The van der Waals surface area contributed by atoms with Crippen molar-refractivity contribution in [2.24, 2.45) is 0 Å². The first-order valence-corrected chi connectivity index (χ1v) is 5.03. The molecule has 4 nitrogen and oxygen atoms in total. The molecule has 0 aromatic carbocycles. The minimum atomic E-state index is 0.523. The highest BCUT2D eigenvalue weighted by Gasteiger charge is 2.18. The number of hydrogen-bond donors (Lipinski definition) is 0. The first-order chi connectivity index (χ1) is 7.38. The zero-order valence-corrected chi connectivity index (χ0v) is 8.47. The highest BCUT2D eigenvalue weighted by atomic mass is 16.5. The molecular formula is C11H11N3O. The Labute approximate surface area is 87.5 Å². The van der Waals surface area contributed by atoms with Crippen molar-refractivity contribution < 1.29 is 4.74 Å². The van der Waals surface area contributed by atoms with Crippen LogP contribution in [0.2, 0.25) is 0 Å². The van der Waals surface area contributed by atoms with Gasteiger partial charge in [-0.15, -0.1) is 0 Å². The first-order valence-electron chi connectivity index (χ1n) is 5.03. The van der Waals surface area contributed by atoms with Crippen molar-refractivity contribution in [1.82, 2.24) is 14.5 Å². The smallest absolute Gasteiger partial charge is 0.181 e. The van der Waals surface area contributed by atoms with E-state index in [9.17, 15) is 0 Å². The van der Waals surface area contributed by atoms with Crippen LogP contribution in [0.15, 0.2) is 24.7 Å². The molecule has 0 N–H and O–H groups in total. The van der Waals surface area contributed by atoms with Gasteiger partial charge in [0.05, 0.1) is 0 Å². The third kappa shape index (κ3) is 1.21. The van der Waals surface area contributed by atoms with Gasteiger partial charge < -0.3 is 4.74 Å². The number of aryl methyl sites for hydroxylation is 1. The van der Waals surface area contributed by atoms with Crippen molar-refractivity contribution in [1.29, 1.82) is 0 Å². The summed E-state index contributed by atoms with van der Waals surface area (Å²) in [6.45, 7) is 2.63. The summed E-state index contributed by atoms with van der Waals surface area (Å²) in [6, 6.07) is 2.05. The molecule has 0 radical (unpaired) electrons. The molecule has 0 saturated carbocycles. The van der Waals surface area contributed by atoms with Crippen LogP contribution in [0.1, 0.15) is 18.3 Å². The van der Waals surface area contributed by atoms with Gasteiger partial charge in [-0.1, -0.05) is 6.92 Å². The predicted octanol–water partition coefficient (Wildman–Crippen LogP) is 1.72. The van der Waals surface area contributed by atoms with Gasteiger partial charge in [0.25, 0.3) is 0 Å². The van der Waals surface area contributed by atoms with Crippen LogP contribution in [0.4, 0.5) is 0 Å². The fourth-order valence-corrected chi connectivity index (χ4v) is 1.73. The van der Waals surface area contributed by atoms with Gasteiger partial charge in [-0.3, -0.25) is 4.57 Å². The highest BCUT2D eigenvalue weighted by Crippen LogP contribution is 2.27. The van der Waals surface area contributed by atoms with Crippen molar-refractivity contribution in [2.45, 2.75) is 20.0 Å². The predicted molar refractivity (Wildman–Crippen MR) is 55.1 cm³/mol. The van der Waals surface area contributed by atoms with Crippen LogP contribution in [-0.4, -0.2) is 14.5 Å². The normalized spacial score (nSPS) is 12.9. The van der Waals surface area contributed by atoms with E-state index in [-0.39, 0.29) is 0 Å². The van der Waals surface area contributed by atoms with Gasteiger partial charge in [-0.2, -0.15) is 0 Å². The second-order valence-electron chi connectivity index (χ2n) is 3.52. The quantitative estimate of drug-likeness (QED) is 0.705. The maximum absolute atomic E-state index is 5.60. The maximum atomic E-state index is 5.60. The van der Waals surface area contributed by atoms with E-state index in [0.29, 0.717) is 6.61 Å². The molecule has 0 spiro atoms. The number of fused-ring (bicyclic) bond motifs is 3. The van der Waals surface area contributed by atoms with Gasteiger partial charge in [0.1, 0.15) is 6.61 Å². The van der Waals surface area contributed by atoms with Gasteiger partial charge in [0.15, 0.2) is 17.4 Å². The van der Waals surface area contributed by atoms with E-state index >= 15 is 0 Å². The zero-order valence-electron chi connectivity index (χ0n) is 8.47. The summed E-state index contributed by atoms with van der Waals surface area (Å²) < 4.78 is 7.58. The van der Waals surface area contributed by atoms with Crippen molar-refractivity contribution in [3.8, 4) is 11.6 Å². The lowest BCUT2D eigenvalue weighted by atomic mass is 10.2. The molecule has 15 heavy (non-hydrogen) atoms. The number of rotatable bonds is 1. The zero-order chi connectivity index (χ0) is 10.3. The minimum Gasteiger partial charge on any atom is -0.482 e. The molecular weight excluding hydrogens is 190 g/mol. The van der Waals surface area contributed by atoms with E-state index in [0.717, 1.165) is 23.8 Å². The third-order valence-electron chi connectivity index (χ3n) is 2.60. The molecule has 0 saturated heterocycles. The van der Waals surface area contributed by atoms with E-state index in [1.54, 1.807) is 6.20 Å². The summed E-state index contributed by atoms with van der Waals surface area (Å²) in [5, 5.41) is 0. The van der Waals surface area contributed by atoms with E-state index in [2.05, 4.69) is 16.9 Å². The fraction of sp³-hybridized carbons (Fsp3) is 0.273. The standard InChI is InChI=1S/C11H11N3O/c1-2-8-5-9-11(13-6-8)14-4-3-12-10(14)7-15-9/h3-6H,2,7H2,1H3. The van der Waals surface area contributed by atoms with Crippen LogP contribution in [-0.2, 0) is 13.0 Å². The Morgan fingerprint density at radius 2 is 2.40 bits per heavy atom. The Morgan fingerprint density at radius 3 is 3.27 bits per heavy atom. The lowest BCUT2D eigenvalue weighted by Crippen LogP contribution is -2.14. The second kappa shape index (κ2) is 3.08. The Kier molecular flexibility index (Phi) is 1.74. The average Bonchev–Trinajstić information content (AvgIpc) is 2.76. The van der Waals surface area contributed by atoms with Crippen molar-refractivity contribution in [3.63, 3.8) is 0 Å². The van der Waals surface area contributed by atoms with Crippen LogP contribution >= 0.6 is 0 Å². The molecule has 1 aliphatic heterocycles. The van der Waals surface area contributed by atoms with Crippen molar-refractivity contribution in [2.75, 3.05) is 0 Å². The first kappa shape index (κ1) is 8.47. The second-order valence-corrected chi connectivity index (χ2v) is 3.52. The molecule has 3 heterocycles. The molecule has 0 atom stereocenters. The summed E-state index contributed by atoms with van der Waals surface area (Å²) in [5.41, 5.74) is 1.19. The number of ether oxygens (including phenoxy) is 1. The number of nitrogens with zero attached hydrogens (tertiary/aromatic N) is 3. The molecule has 2 aromatic heterocycles. The van der Waals surface area contributed by atoms with E-state index < -0.39 is 0 Å². The summed E-state index contributed by atoms with van der Waals surface area (Å²) in [6.07, 6.45) is 6.54. The van der Waals surface area contributed by atoms with Crippen LogP contribution in [0.25, 0.3) is 5.82 Å². The number of aromatic nitrogens is 3. The monoisotopic (exact) mass is 201 g/mol. The van der Waals surface area contributed by atoms with Crippen molar-refractivity contribution >= 4 is 0 Å². The molecule has 76 valence electrons.